The van der Waals surface area contributed by atoms with E-state index in [1.165, 1.54) is 13.0 Å². The van der Waals surface area contributed by atoms with Crippen LogP contribution in [0.15, 0.2) is 18.2 Å². The molecule has 0 unspecified atom stereocenters. The molecule has 0 heterocycles. The summed E-state index contributed by atoms with van der Waals surface area (Å²) in [6.07, 6.45) is 0. The maximum absolute atomic E-state index is 10.9. The van der Waals surface area contributed by atoms with Gasteiger partial charge in [0.1, 0.15) is 0 Å². The minimum atomic E-state index is -1.07. The van der Waals surface area contributed by atoms with Gasteiger partial charge in [0, 0.05) is 17.5 Å². The van der Waals surface area contributed by atoms with Crippen molar-refractivity contribution in [3.05, 3.63) is 34.3 Å². The molecule has 0 spiro atoms. The van der Waals surface area contributed by atoms with Crippen molar-refractivity contribution in [2.45, 2.75) is 6.92 Å². The summed E-state index contributed by atoms with van der Waals surface area (Å²) in [6.45, 7) is 1.46. The van der Waals surface area contributed by atoms with Crippen LogP contribution in [-0.2, 0) is 4.79 Å². The van der Waals surface area contributed by atoms with Crippen molar-refractivity contribution in [1.29, 1.82) is 0 Å². The van der Waals surface area contributed by atoms with Crippen molar-refractivity contribution in [1.82, 2.24) is 0 Å². The molecule has 0 aliphatic heterocycles. The van der Waals surface area contributed by atoms with E-state index in [0.29, 0.717) is 16.3 Å². The summed E-state index contributed by atoms with van der Waals surface area (Å²) < 4.78 is 0. The normalized spacial score (nSPS) is 9.29. The first-order valence-corrected chi connectivity index (χ1v) is 6.02. The van der Waals surface area contributed by atoms with Gasteiger partial charge in [-0.25, -0.2) is 4.79 Å². The molecule has 3 nitrogen and oxygen atoms in total. The zero-order valence-electron chi connectivity index (χ0n) is 8.99. The molecular formula is C12H9ClO3S. The summed E-state index contributed by atoms with van der Waals surface area (Å²) in [7, 11) is 0. The molecule has 0 saturated carbocycles. The van der Waals surface area contributed by atoms with Gasteiger partial charge in [-0.3, -0.25) is 4.79 Å². The molecule has 0 bridgehead atoms. The molecule has 1 aromatic rings. The molecule has 0 saturated heterocycles. The monoisotopic (exact) mass is 268 g/mol. The van der Waals surface area contributed by atoms with Crippen LogP contribution in [0, 0.1) is 11.8 Å². The van der Waals surface area contributed by atoms with Crippen LogP contribution in [0.3, 0.4) is 0 Å². The molecule has 5 heteroatoms. The number of carbonyl (C=O) groups is 2. The van der Waals surface area contributed by atoms with E-state index >= 15 is 0 Å². The van der Waals surface area contributed by atoms with E-state index in [9.17, 15) is 9.59 Å². The van der Waals surface area contributed by atoms with Crippen molar-refractivity contribution >= 4 is 34.4 Å². The smallest absolute Gasteiger partial charge is 0.337 e. The lowest BCUT2D eigenvalue weighted by Crippen LogP contribution is -1.99. The van der Waals surface area contributed by atoms with Gasteiger partial charge in [-0.05, 0) is 18.2 Å². The Bertz CT molecular complexity index is 514. The van der Waals surface area contributed by atoms with E-state index in [2.05, 4.69) is 11.8 Å². The molecule has 0 atom stereocenters. The van der Waals surface area contributed by atoms with Crippen LogP contribution in [-0.4, -0.2) is 21.9 Å². The lowest BCUT2D eigenvalue weighted by atomic mass is 10.1. The largest absolute Gasteiger partial charge is 0.478 e. The first-order chi connectivity index (χ1) is 8.00. The maximum atomic E-state index is 10.9. The highest BCUT2D eigenvalue weighted by molar-refractivity contribution is 8.13. The van der Waals surface area contributed by atoms with E-state index in [4.69, 9.17) is 16.7 Å². The lowest BCUT2D eigenvalue weighted by Gasteiger charge is -1.99. The number of hydrogen-bond donors (Lipinski definition) is 1. The molecule has 0 aliphatic carbocycles. The van der Waals surface area contributed by atoms with Crippen LogP contribution in [0.1, 0.15) is 22.8 Å². The topological polar surface area (TPSA) is 54.4 Å². The Labute approximate surface area is 108 Å². The van der Waals surface area contributed by atoms with Crippen LogP contribution in [0.2, 0.25) is 5.02 Å². The van der Waals surface area contributed by atoms with Gasteiger partial charge in [-0.1, -0.05) is 35.2 Å². The number of hydrogen-bond acceptors (Lipinski definition) is 3. The Balaban J connectivity index is 2.90. The summed E-state index contributed by atoms with van der Waals surface area (Å²) in [6, 6.07) is 4.49. The van der Waals surface area contributed by atoms with Gasteiger partial charge < -0.3 is 5.11 Å². The molecule has 0 fully saturated rings. The van der Waals surface area contributed by atoms with Gasteiger partial charge >= 0.3 is 5.97 Å². The number of thioether (sulfide) groups is 1. The maximum Gasteiger partial charge on any atom is 0.337 e. The number of aromatic carboxylic acids is 1. The zero-order valence-corrected chi connectivity index (χ0v) is 10.6. The highest BCUT2D eigenvalue weighted by Gasteiger charge is 2.08. The van der Waals surface area contributed by atoms with E-state index in [-0.39, 0.29) is 10.7 Å². The third kappa shape index (κ3) is 4.51. The Morgan fingerprint density at radius 3 is 2.76 bits per heavy atom. The zero-order chi connectivity index (χ0) is 12.8. The quantitative estimate of drug-likeness (QED) is 0.838. The van der Waals surface area contributed by atoms with Crippen LogP contribution in [0.5, 0.6) is 0 Å². The fourth-order valence-corrected chi connectivity index (χ4v) is 1.59. The standard InChI is InChI=1S/C12H9ClO3S/c1-8(14)17-6-2-3-9-4-5-10(13)7-11(9)12(15)16/h4-5,7H,6H2,1H3,(H,15,16). The molecule has 0 aromatic heterocycles. The molecule has 1 rings (SSSR count). The van der Waals surface area contributed by atoms with Crippen molar-refractivity contribution in [2.75, 3.05) is 5.75 Å². The van der Waals surface area contributed by atoms with Crippen molar-refractivity contribution < 1.29 is 14.7 Å². The second kappa shape index (κ2) is 6.33. The fraction of sp³-hybridized carbons (Fsp3) is 0.167. The molecule has 1 aromatic carbocycles. The number of carboxylic acid groups (broad SMARTS) is 1. The predicted octanol–water partition coefficient (Wildman–Crippen LogP) is 2.67. The summed E-state index contributed by atoms with van der Waals surface area (Å²) in [5, 5.41) is 9.28. The molecule has 0 amide bonds. The third-order valence-electron chi connectivity index (χ3n) is 1.78. The second-order valence-electron chi connectivity index (χ2n) is 3.08. The lowest BCUT2D eigenvalue weighted by molar-refractivity contribution is -0.109. The number of carboxylic acids is 1. The fourth-order valence-electron chi connectivity index (χ4n) is 1.07. The van der Waals surface area contributed by atoms with Crippen LogP contribution in [0.25, 0.3) is 0 Å². The SMILES string of the molecule is CC(=O)SCC#Cc1ccc(Cl)cc1C(=O)O. The van der Waals surface area contributed by atoms with E-state index in [1.807, 2.05) is 0 Å². The van der Waals surface area contributed by atoms with Gasteiger partial charge in [-0.2, -0.15) is 0 Å². The number of rotatable bonds is 2. The Morgan fingerprint density at radius 2 is 2.18 bits per heavy atom. The Hall–Kier alpha value is -1.44. The van der Waals surface area contributed by atoms with Gasteiger partial charge in [0.15, 0.2) is 5.12 Å². The highest BCUT2D eigenvalue weighted by atomic mass is 35.5. The highest BCUT2D eigenvalue weighted by Crippen LogP contribution is 2.15. The summed E-state index contributed by atoms with van der Waals surface area (Å²) >= 11 is 6.79. The van der Waals surface area contributed by atoms with Gasteiger partial charge in [0.05, 0.1) is 11.3 Å². The third-order valence-corrected chi connectivity index (χ3v) is 2.71. The van der Waals surface area contributed by atoms with Gasteiger partial charge in [0.25, 0.3) is 0 Å². The molecule has 0 aliphatic rings. The minimum absolute atomic E-state index is 0.0196. The number of halogens is 1. The Kier molecular flexibility index (Phi) is 5.08. The van der Waals surface area contributed by atoms with Crippen LogP contribution >= 0.6 is 23.4 Å². The van der Waals surface area contributed by atoms with Crippen LogP contribution in [0.4, 0.5) is 0 Å². The van der Waals surface area contributed by atoms with E-state index < -0.39 is 5.97 Å². The first kappa shape index (κ1) is 13.6. The summed E-state index contributed by atoms with van der Waals surface area (Å²) in [5.74, 6) is 4.72. The average molecular weight is 269 g/mol. The molecule has 88 valence electrons. The summed E-state index contributed by atoms with van der Waals surface area (Å²) in [4.78, 5) is 21.6. The predicted molar refractivity (Wildman–Crippen MR) is 68.4 cm³/mol. The second-order valence-corrected chi connectivity index (χ2v) is 4.67. The minimum Gasteiger partial charge on any atom is -0.478 e. The van der Waals surface area contributed by atoms with Crippen LogP contribution < -0.4 is 0 Å². The average Bonchev–Trinajstić information content (AvgIpc) is 2.25. The Morgan fingerprint density at radius 1 is 1.47 bits per heavy atom. The molecular weight excluding hydrogens is 260 g/mol. The summed E-state index contributed by atoms with van der Waals surface area (Å²) in [5.41, 5.74) is 0.462. The number of benzene rings is 1. The number of carbonyl (C=O) groups excluding carboxylic acids is 1. The van der Waals surface area contributed by atoms with E-state index in [0.717, 1.165) is 11.8 Å². The van der Waals surface area contributed by atoms with Crippen molar-refractivity contribution in [2.24, 2.45) is 0 Å². The van der Waals surface area contributed by atoms with Crippen molar-refractivity contribution in [3.63, 3.8) is 0 Å². The first-order valence-electron chi connectivity index (χ1n) is 4.66. The van der Waals surface area contributed by atoms with E-state index in [1.54, 1.807) is 12.1 Å². The molecule has 0 radical (unpaired) electrons. The molecule has 1 N–H and O–H groups in total. The van der Waals surface area contributed by atoms with Crippen molar-refractivity contribution in [3.8, 4) is 11.8 Å². The van der Waals surface area contributed by atoms with Gasteiger partial charge in [-0.15, -0.1) is 0 Å². The molecule has 17 heavy (non-hydrogen) atoms. The van der Waals surface area contributed by atoms with Gasteiger partial charge in [0.2, 0.25) is 0 Å².